The summed E-state index contributed by atoms with van der Waals surface area (Å²) >= 11 is 0. The maximum Gasteiger partial charge on any atom is 0.283 e. The Labute approximate surface area is 82.3 Å². The molecule has 7 nitrogen and oxygen atoms in total. The summed E-state index contributed by atoms with van der Waals surface area (Å²) in [6, 6.07) is 0. The first-order valence-corrected chi connectivity index (χ1v) is 5.50. The van der Waals surface area contributed by atoms with E-state index in [1.54, 1.807) is 0 Å². The smallest absolute Gasteiger partial charge is 0.283 e. The third-order valence-electron chi connectivity index (χ3n) is 1.68. The predicted molar refractivity (Wildman–Crippen MR) is 48.2 cm³/mol. The topological polar surface area (TPSA) is 118 Å². The highest BCUT2D eigenvalue weighted by Crippen LogP contribution is 2.05. The molecule has 0 amide bonds. The van der Waals surface area contributed by atoms with E-state index in [1.165, 1.54) is 0 Å². The standard InChI is InChI=1S/C6H15NO6S/c8-3-1-7(2-4-9)6(5-10)14(11,12)13/h6,8-10H,1-5H2,(H,11,12,13). The lowest BCUT2D eigenvalue weighted by Gasteiger charge is -2.26. The molecule has 0 aromatic rings. The van der Waals surface area contributed by atoms with Crippen LogP contribution in [0, 0.1) is 0 Å². The van der Waals surface area contributed by atoms with Gasteiger partial charge in [0.1, 0.15) is 0 Å². The third-order valence-corrected chi connectivity index (χ3v) is 2.82. The van der Waals surface area contributed by atoms with Crippen molar-refractivity contribution in [3.05, 3.63) is 0 Å². The molecule has 0 spiro atoms. The maximum absolute atomic E-state index is 10.7. The van der Waals surface area contributed by atoms with Crippen molar-refractivity contribution >= 4 is 10.1 Å². The van der Waals surface area contributed by atoms with E-state index in [9.17, 15) is 8.42 Å². The Balaban J connectivity index is 4.58. The van der Waals surface area contributed by atoms with E-state index >= 15 is 0 Å². The SMILES string of the molecule is O=S(=O)(O)C(CO)N(CCO)CCO. The number of nitrogens with zero attached hydrogens (tertiary/aromatic N) is 1. The number of hydrogen-bond donors (Lipinski definition) is 4. The predicted octanol–water partition coefficient (Wildman–Crippen LogP) is -2.52. The highest BCUT2D eigenvalue weighted by Gasteiger charge is 2.28. The zero-order valence-electron chi connectivity index (χ0n) is 7.57. The normalized spacial score (nSPS) is 14.6. The monoisotopic (exact) mass is 229 g/mol. The van der Waals surface area contributed by atoms with Crippen molar-refractivity contribution in [2.75, 3.05) is 32.9 Å². The largest absolute Gasteiger partial charge is 0.395 e. The molecule has 0 bridgehead atoms. The fraction of sp³-hybridized carbons (Fsp3) is 1.00. The van der Waals surface area contributed by atoms with Crippen molar-refractivity contribution < 1.29 is 28.3 Å². The average molecular weight is 229 g/mol. The van der Waals surface area contributed by atoms with Crippen LogP contribution in [0.1, 0.15) is 0 Å². The van der Waals surface area contributed by atoms with Crippen molar-refractivity contribution in [2.24, 2.45) is 0 Å². The summed E-state index contributed by atoms with van der Waals surface area (Å²) in [6.07, 6.45) is 0. The Morgan fingerprint density at radius 1 is 1.07 bits per heavy atom. The average Bonchev–Trinajstić information content (AvgIpc) is 2.03. The first-order chi connectivity index (χ1) is 6.47. The molecule has 0 aliphatic heterocycles. The van der Waals surface area contributed by atoms with Crippen LogP contribution in [0.5, 0.6) is 0 Å². The Kier molecular flexibility index (Phi) is 6.16. The fourth-order valence-electron chi connectivity index (χ4n) is 1.05. The zero-order chi connectivity index (χ0) is 11.2. The van der Waals surface area contributed by atoms with Crippen LogP contribution in [0.4, 0.5) is 0 Å². The summed E-state index contributed by atoms with van der Waals surface area (Å²) in [7, 11) is -4.40. The van der Waals surface area contributed by atoms with Gasteiger partial charge in [-0.3, -0.25) is 9.45 Å². The van der Waals surface area contributed by atoms with E-state index in [2.05, 4.69) is 0 Å². The van der Waals surface area contributed by atoms with Gasteiger partial charge in [-0.25, -0.2) is 0 Å². The second-order valence-corrected chi connectivity index (χ2v) is 4.21. The quantitative estimate of drug-likeness (QED) is 0.356. The molecule has 1 atom stereocenters. The minimum atomic E-state index is -4.40. The third kappa shape index (κ3) is 4.31. The Morgan fingerprint density at radius 2 is 1.50 bits per heavy atom. The van der Waals surface area contributed by atoms with Gasteiger partial charge in [-0.1, -0.05) is 0 Å². The van der Waals surface area contributed by atoms with Gasteiger partial charge >= 0.3 is 0 Å². The number of aliphatic hydroxyl groups is 3. The molecule has 0 aliphatic carbocycles. The number of rotatable bonds is 7. The molecule has 0 aromatic heterocycles. The molecule has 1 unspecified atom stereocenters. The van der Waals surface area contributed by atoms with Crippen LogP contribution in [0.2, 0.25) is 0 Å². The van der Waals surface area contributed by atoms with Gasteiger partial charge in [-0.05, 0) is 0 Å². The van der Waals surface area contributed by atoms with E-state index in [-0.39, 0.29) is 26.3 Å². The van der Waals surface area contributed by atoms with Gasteiger partial charge in [0.2, 0.25) is 0 Å². The molecule has 0 radical (unpaired) electrons. The summed E-state index contributed by atoms with van der Waals surface area (Å²) in [5.74, 6) is 0. The molecule has 0 saturated carbocycles. The van der Waals surface area contributed by atoms with Crippen LogP contribution < -0.4 is 0 Å². The summed E-state index contributed by atoms with van der Waals surface area (Å²) in [6.45, 7) is -1.55. The van der Waals surface area contributed by atoms with Crippen LogP contribution in [0.15, 0.2) is 0 Å². The van der Waals surface area contributed by atoms with Crippen LogP contribution in [-0.2, 0) is 10.1 Å². The van der Waals surface area contributed by atoms with Gasteiger partial charge in [-0.2, -0.15) is 8.42 Å². The lowest BCUT2D eigenvalue weighted by molar-refractivity contribution is 0.114. The molecular formula is C6H15NO6S. The lowest BCUT2D eigenvalue weighted by Crippen LogP contribution is -2.46. The van der Waals surface area contributed by atoms with E-state index < -0.39 is 22.1 Å². The number of aliphatic hydroxyl groups excluding tert-OH is 3. The summed E-state index contributed by atoms with van der Waals surface area (Å²) in [5.41, 5.74) is 0. The molecule has 86 valence electrons. The van der Waals surface area contributed by atoms with Gasteiger partial charge in [-0.15, -0.1) is 0 Å². The van der Waals surface area contributed by atoms with Crippen LogP contribution >= 0.6 is 0 Å². The highest BCUT2D eigenvalue weighted by molar-refractivity contribution is 7.86. The molecule has 0 fully saturated rings. The maximum atomic E-state index is 10.7. The van der Waals surface area contributed by atoms with E-state index in [4.69, 9.17) is 19.9 Å². The molecule has 0 aromatic carbocycles. The summed E-state index contributed by atoms with van der Waals surface area (Å²) in [5, 5.41) is 24.4. The van der Waals surface area contributed by atoms with Crippen molar-refractivity contribution in [1.82, 2.24) is 4.90 Å². The molecule has 14 heavy (non-hydrogen) atoms. The molecule has 0 heterocycles. The van der Waals surface area contributed by atoms with Gasteiger partial charge in [0.05, 0.1) is 19.8 Å². The van der Waals surface area contributed by atoms with Crippen molar-refractivity contribution in [3.8, 4) is 0 Å². The van der Waals surface area contributed by atoms with Crippen molar-refractivity contribution in [1.29, 1.82) is 0 Å². The first-order valence-electron chi connectivity index (χ1n) is 4.00. The fourth-order valence-corrected chi connectivity index (χ4v) is 1.83. The van der Waals surface area contributed by atoms with Crippen molar-refractivity contribution in [3.63, 3.8) is 0 Å². The van der Waals surface area contributed by atoms with Crippen LogP contribution in [0.3, 0.4) is 0 Å². The molecular weight excluding hydrogens is 214 g/mol. The molecule has 8 heteroatoms. The van der Waals surface area contributed by atoms with Gasteiger partial charge in [0, 0.05) is 13.1 Å². The zero-order valence-corrected chi connectivity index (χ0v) is 8.39. The lowest BCUT2D eigenvalue weighted by atomic mass is 10.4. The highest BCUT2D eigenvalue weighted by atomic mass is 32.2. The van der Waals surface area contributed by atoms with Gasteiger partial charge < -0.3 is 15.3 Å². The molecule has 0 aliphatic rings. The van der Waals surface area contributed by atoms with Gasteiger partial charge in [0.25, 0.3) is 10.1 Å². The van der Waals surface area contributed by atoms with E-state index in [0.29, 0.717) is 0 Å². The van der Waals surface area contributed by atoms with E-state index in [1.807, 2.05) is 0 Å². The Hall–Kier alpha value is -0.250. The Bertz CT molecular complexity index is 235. The minimum Gasteiger partial charge on any atom is -0.395 e. The molecule has 0 saturated heterocycles. The van der Waals surface area contributed by atoms with Crippen LogP contribution in [-0.4, -0.2) is 71.5 Å². The molecule has 4 N–H and O–H groups in total. The summed E-state index contributed by atoms with van der Waals surface area (Å²) < 4.78 is 30.2. The summed E-state index contributed by atoms with van der Waals surface area (Å²) in [4.78, 5) is 1.08. The van der Waals surface area contributed by atoms with E-state index in [0.717, 1.165) is 4.90 Å². The first kappa shape index (κ1) is 13.8. The van der Waals surface area contributed by atoms with Crippen molar-refractivity contribution in [2.45, 2.75) is 5.37 Å². The minimum absolute atomic E-state index is 0.0500. The number of hydrogen-bond acceptors (Lipinski definition) is 6. The van der Waals surface area contributed by atoms with Crippen LogP contribution in [0.25, 0.3) is 0 Å². The second kappa shape index (κ2) is 6.27. The second-order valence-electron chi connectivity index (χ2n) is 2.64. The van der Waals surface area contributed by atoms with Gasteiger partial charge in [0.15, 0.2) is 5.37 Å². The molecule has 0 rings (SSSR count). The Morgan fingerprint density at radius 3 is 1.71 bits per heavy atom.